The van der Waals surface area contributed by atoms with Gasteiger partial charge in [0.1, 0.15) is 29.4 Å². The summed E-state index contributed by atoms with van der Waals surface area (Å²) in [6.07, 6.45) is 1.38. The molecule has 3 radical (unpaired) electrons. The summed E-state index contributed by atoms with van der Waals surface area (Å²) in [5.41, 5.74) is 5.38. The Hall–Kier alpha value is -5.46. The number of para-hydroxylation sites is 3. The molecule has 0 unspecified atom stereocenters. The van der Waals surface area contributed by atoms with Gasteiger partial charge >= 0.3 is 29.6 Å². The third kappa shape index (κ3) is 14.9. The first-order chi connectivity index (χ1) is 34.0. The van der Waals surface area contributed by atoms with Crippen LogP contribution in [0.4, 0.5) is 0 Å². The normalized spacial score (nSPS) is 10.1. The minimum atomic E-state index is -0.103. The average Bonchev–Trinajstić information content (AvgIpc) is 4.26. The summed E-state index contributed by atoms with van der Waals surface area (Å²) in [6, 6.07) is 46.8. The summed E-state index contributed by atoms with van der Waals surface area (Å²) >= 11 is 8.55. The van der Waals surface area contributed by atoms with Crippen molar-refractivity contribution < 1.29 is 64.0 Å². The second-order valence-electron chi connectivity index (χ2n) is 14.6. The number of aromatic amines is 1. The molecular formula is C53H49BBrIN6NaO7S3. The van der Waals surface area contributed by atoms with Crippen molar-refractivity contribution in [3.8, 4) is 34.4 Å². The van der Waals surface area contributed by atoms with Gasteiger partial charge in [-0.2, -0.15) is 15.3 Å². The van der Waals surface area contributed by atoms with Crippen LogP contribution >= 0.6 is 73.9 Å². The number of halogens is 2. The number of rotatable bonds is 11. The van der Waals surface area contributed by atoms with Gasteiger partial charge in [-0.15, -0.1) is 58.0 Å². The van der Waals surface area contributed by atoms with Gasteiger partial charge in [-0.1, -0.05) is 96.2 Å². The van der Waals surface area contributed by atoms with Crippen LogP contribution in [0.15, 0.2) is 175 Å². The van der Waals surface area contributed by atoms with Crippen LogP contribution in [-0.2, 0) is 25.0 Å². The molecule has 0 aliphatic heterocycles. The van der Waals surface area contributed by atoms with E-state index >= 15 is 0 Å². The fourth-order valence-corrected chi connectivity index (χ4v) is 9.68. The largest absolute Gasteiger partial charge is 1.00 e. The van der Waals surface area contributed by atoms with Crippen LogP contribution in [0, 0.1) is 0 Å². The maximum Gasteiger partial charge on any atom is 1.00 e. The Kier molecular flexibility index (Phi) is 24.7. The van der Waals surface area contributed by atoms with Gasteiger partial charge in [0.25, 0.3) is 0 Å². The third-order valence-corrected chi connectivity index (χ3v) is 13.8. The summed E-state index contributed by atoms with van der Waals surface area (Å²) in [7, 11) is 1.00. The topological polar surface area (TPSA) is 178 Å². The standard InChI is InChI=1S/C17H14N2O2S.C17H12N2O2S.C12H8N2O2.C5H5BrS.CH4O.CH4.B.HI.Na.H/c2*20-11-12-7-8-16(21-12)17-14-5-1-2-6-15(14)19(18-17)10-13-4-3-9-22-13;15-7-8-5-6-11(16-8)12-9-3-1-2-4-10(9)13-14-12;6-4-5-2-1-3-7-5;1-2;;;;;/h1-9,20H,10-11H2;1-9,11H,10H2;1-7H,(H,13,14);1-3H,4H2;2H,1H3;1H4;;1H;;/q;;;;;;;;+1;-1. The van der Waals surface area contributed by atoms with Crippen molar-refractivity contribution in [1.29, 1.82) is 0 Å². The number of aliphatic hydroxyl groups is 2. The monoisotopic (exact) mass is 1220 g/mol. The Bertz CT molecular complexity index is 3500. The zero-order valence-electron chi connectivity index (χ0n) is 39.8. The van der Waals surface area contributed by atoms with Gasteiger partial charge in [0.05, 0.1) is 29.6 Å². The summed E-state index contributed by atoms with van der Waals surface area (Å²) in [5, 5.41) is 42.9. The fraction of sp³-hybridized carbons (Fsp3) is 0.113. The quantitative estimate of drug-likeness (QED) is 0.0489. The van der Waals surface area contributed by atoms with Crippen molar-refractivity contribution in [2.45, 2.75) is 32.5 Å². The molecule has 0 atom stereocenters. The van der Waals surface area contributed by atoms with E-state index in [1.807, 2.05) is 94.3 Å². The van der Waals surface area contributed by atoms with Crippen molar-refractivity contribution in [2.75, 3.05) is 7.11 Å². The van der Waals surface area contributed by atoms with E-state index in [0.717, 1.165) is 75.3 Å². The van der Waals surface area contributed by atoms with Gasteiger partial charge in [0.2, 0.25) is 0 Å². The van der Waals surface area contributed by atoms with Gasteiger partial charge in [-0.3, -0.25) is 24.1 Å². The number of aromatic nitrogens is 6. The van der Waals surface area contributed by atoms with E-state index in [9.17, 15) is 9.59 Å². The minimum Gasteiger partial charge on any atom is -1.00 e. The number of hydrogen-bond acceptors (Lipinski definition) is 13. The van der Waals surface area contributed by atoms with Crippen LogP contribution in [0.5, 0.6) is 0 Å². The zero-order chi connectivity index (χ0) is 48.0. The van der Waals surface area contributed by atoms with Crippen molar-refractivity contribution in [1.82, 2.24) is 29.8 Å². The molecule has 0 aliphatic carbocycles. The number of furan rings is 3. The van der Waals surface area contributed by atoms with Crippen molar-refractivity contribution in [2.24, 2.45) is 0 Å². The first-order valence-electron chi connectivity index (χ1n) is 21.2. The molecule has 0 fully saturated rings. The van der Waals surface area contributed by atoms with Crippen LogP contribution in [0.1, 0.15) is 50.4 Å². The number of nitrogens with zero attached hydrogens (tertiary/aromatic N) is 5. The molecule has 9 heterocycles. The average molecular weight is 1220 g/mol. The van der Waals surface area contributed by atoms with E-state index in [2.05, 4.69) is 72.6 Å². The number of hydrogen-bond donors (Lipinski definition) is 3. The van der Waals surface area contributed by atoms with E-state index in [1.54, 1.807) is 64.3 Å². The van der Waals surface area contributed by atoms with Gasteiger partial charge in [0.15, 0.2) is 41.4 Å². The third-order valence-electron chi connectivity index (χ3n) is 10.3. The van der Waals surface area contributed by atoms with Crippen LogP contribution in [0.3, 0.4) is 0 Å². The first-order valence-corrected chi connectivity index (χ1v) is 25.0. The molecule has 369 valence electrons. The molecule has 0 saturated heterocycles. The van der Waals surface area contributed by atoms with E-state index < -0.39 is 0 Å². The second kappa shape index (κ2) is 30.0. The molecule has 0 spiro atoms. The van der Waals surface area contributed by atoms with Gasteiger partial charge in [0, 0.05) is 51.6 Å². The molecule has 73 heavy (non-hydrogen) atoms. The summed E-state index contributed by atoms with van der Waals surface area (Å²) in [5.74, 6) is 3.06. The number of aliphatic hydroxyl groups excluding tert-OH is 2. The van der Waals surface area contributed by atoms with Crippen LogP contribution in [-0.4, -0.2) is 68.1 Å². The number of benzene rings is 3. The predicted octanol–water partition coefficient (Wildman–Crippen LogP) is 11.0. The molecule has 12 rings (SSSR count). The van der Waals surface area contributed by atoms with Gasteiger partial charge < -0.3 is 24.9 Å². The fourth-order valence-electron chi connectivity index (χ4n) is 7.18. The number of carbonyl (C=O) groups is 2. The van der Waals surface area contributed by atoms with Crippen LogP contribution < -0.4 is 29.6 Å². The predicted molar refractivity (Wildman–Crippen MR) is 306 cm³/mol. The Morgan fingerprint density at radius 3 is 1.45 bits per heavy atom. The number of nitrogens with one attached hydrogen (secondary N) is 1. The number of thiophene rings is 3. The van der Waals surface area contributed by atoms with Gasteiger partial charge in [-0.25, -0.2) is 0 Å². The molecule has 13 nitrogen and oxygen atoms in total. The molecule has 0 aliphatic rings. The van der Waals surface area contributed by atoms with E-state index in [0.29, 0.717) is 47.1 Å². The van der Waals surface area contributed by atoms with E-state index in [4.69, 9.17) is 33.7 Å². The van der Waals surface area contributed by atoms with Gasteiger partial charge in [-0.05, 0) is 88.9 Å². The van der Waals surface area contributed by atoms with Crippen molar-refractivity contribution in [3.63, 3.8) is 0 Å². The molecule has 20 heteroatoms. The Labute approximate surface area is 484 Å². The molecule has 3 N–H and O–H groups in total. The maximum absolute atomic E-state index is 10.8. The minimum absolute atomic E-state index is 0. The van der Waals surface area contributed by atoms with Crippen molar-refractivity contribution in [3.05, 3.63) is 194 Å². The number of H-pyrrole nitrogens is 1. The van der Waals surface area contributed by atoms with Crippen molar-refractivity contribution >= 4 is 128 Å². The SMILES string of the molecule is BrCc1cccs1.C.CO.I.O=Cc1ccc(-c2n[nH]c3ccccc23)o1.O=Cc1ccc(-c2nn(Cc3cccs3)c3ccccc23)o1.OCc1ccc(-c2nn(Cc3cccs3)c3ccccc23)o1.[B].[H-].[Na+]. The first kappa shape index (κ1) is 60.1. The van der Waals surface area contributed by atoms with E-state index in [1.165, 1.54) is 14.6 Å². The second-order valence-corrected chi connectivity index (χ2v) is 18.3. The van der Waals surface area contributed by atoms with Crippen LogP contribution in [0.25, 0.3) is 67.1 Å². The number of alkyl halides is 1. The number of fused-ring (bicyclic) bond motifs is 3. The molecule has 3 aromatic carbocycles. The molecule has 0 bridgehead atoms. The summed E-state index contributed by atoms with van der Waals surface area (Å²) in [6.45, 7) is 1.36. The molecule has 9 aromatic heterocycles. The Morgan fingerprint density at radius 2 is 1.03 bits per heavy atom. The smallest absolute Gasteiger partial charge is 1.00 e. The Morgan fingerprint density at radius 1 is 0.589 bits per heavy atom. The summed E-state index contributed by atoms with van der Waals surface area (Å²) < 4.78 is 20.5. The molecule has 12 aromatic rings. The maximum atomic E-state index is 10.8. The molecule has 0 amide bonds. The number of aldehydes is 2. The number of carbonyl (C=O) groups excluding carboxylic acids is 2. The Balaban J connectivity index is 0.000000264. The summed E-state index contributed by atoms with van der Waals surface area (Å²) in [4.78, 5) is 25.2. The van der Waals surface area contributed by atoms with Crippen LogP contribution in [0.2, 0.25) is 0 Å². The zero-order valence-corrected chi connectivity index (χ0v) is 47.2. The van der Waals surface area contributed by atoms with E-state index in [-0.39, 0.29) is 77.4 Å². The molecule has 0 saturated carbocycles. The molecular weight excluding hydrogens is 1170 g/mol.